The van der Waals surface area contributed by atoms with Gasteiger partial charge < -0.3 is 5.73 Å². The lowest BCUT2D eigenvalue weighted by molar-refractivity contribution is 0.556. The van der Waals surface area contributed by atoms with Gasteiger partial charge in [0.25, 0.3) is 0 Å². The van der Waals surface area contributed by atoms with E-state index in [0.717, 1.165) is 6.42 Å². The van der Waals surface area contributed by atoms with Gasteiger partial charge in [-0.2, -0.15) is 0 Å². The van der Waals surface area contributed by atoms with Gasteiger partial charge in [0.15, 0.2) is 9.84 Å². The van der Waals surface area contributed by atoms with Crippen LogP contribution in [0.25, 0.3) is 0 Å². The molecule has 0 rings (SSSR count). The average molecular weight is 193 g/mol. The Kier molecular flexibility index (Phi) is 4.20. The molecule has 0 aromatic rings. The molecule has 2 N–H and O–H groups in total. The standard InChI is InChI=1S/C8H19NO2S/c1-8(2,3)12(10,11)7-5-4-6-9/h4-7,9H2,1-3H3. The highest BCUT2D eigenvalue weighted by atomic mass is 32.2. The van der Waals surface area contributed by atoms with Crippen molar-refractivity contribution in [2.24, 2.45) is 5.73 Å². The normalized spacial score (nSPS) is 13.3. The summed E-state index contributed by atoms with van der Waals surface area (Å²) in [5.74, 6) is 0.258. The third kappa shape index (κ3) is 3.54. The number of hydrogen-bond acceptors (Lipinski definition) is 3. The lowest BCUT2D eigenvalue weighted by atomic mass is 10.3. The number of sulfone groups is 1. The SMILES string of the molecule is CC(C)(C)S(=O)(=O)CCCCN. The lowest BCUT2D eigenvalue weighted by Crippen LogP contribution is -2.30. The summed E-state index contributed by atoms with van der Waals surface area (Å²) < 4.78 is 22.3. The summed E-state index contributed by atoms with van der Waals surface area (Å²) in [4.78, 5) is 0. The molecule has 0 atom stereocenters. The van der Waals surface area contributed by atoms with Crippen molar-refractivity contribution in [3.8, 4) is 0 Å². The van der Waals surface area contributed by atoms with Gasteiger partial charge in [-0.3, -0.25) is 0 Å². The van der Waals surface area contributed by atoms with E-state index in [1.54, 1.807) is 20.8 Å². The first-order chi connectivity index (χ1) is 5.31. The molecule has 0 aliphatic heterocycles. The van der Waals surface area contributed by atoms with Crippen LogP contribution in [0.15, 0.2) is 0 Å². The van der Waals surface area contributed by atoms with Gasteiger partial charge in [-0.1, -0.05) is 0 Å². The molecule has 3 nitrogen and oxygen atoms in total. The van der Waals surface area contributed by atoms with E-state index in [4.69, 9.17) is 5.73 Å². The van der Waals surface area contributed by atoms with E-state index in [1.165, 1.54) is 0 Å². The highest BCUT2D eigenvalue weighted by Crippen LogP contribution is 2.16. The molecule has 0 aliphatic carbocycles. The molecule has 12 heavy (non-hydrogen) atoms. The molecule has 74 valence electrons. The molecule has 0 heterocycles. The Morgan fingerprint density at radius 3 is 2.00 bits per heavy atom. The van der Waals surface area contributed by atoms with Gasteiger partial charge >= 0.3 is 0 Å². The smallest absolute Gasteiger partial charge is 0.155 e. The predicted octanol–water partition coefficient (Wildman–Crippen LogP) is 0.939. The van der Waals surface area contributed by atoms with Crippen molar-refractivity contribution in [2.75, 3.05) is 12.3 Å². The minimum Gasteiger partial charge on any atom is -0.330 e. The van der Waals surface area contributed by atoms with E-state index in [9.17, 15) is 8.42 Å². The van der Waals surface area contributed by atoms with Crippen LogP contribution in [-0.2, 0) is 9.84 Å². The van der Waals surface area contributed by atoms with Crippen LogP contribution in [0.2, 0.25) is 0 Å². The van der Waals surface area contributed by atoms with E-state index in [-0.39, 0.29) is 5.75 Å². The van der Waals surface area contributed by atoms with E-state index >= 15 is 0 Å². The summed E-state index contributed by atoms with van der Waals surface area (Å²) in [5, 5.41) is 0. The molecule has 0 aliphatic rings. The largest absolute Gasteiger partial charge is 0.330 e. The molecule has 0 aromatic carbocycles. The third-order valence-electron chi connectivity index (χ3n) is 1.80. The minimum absolute atomic E-state index is 0.258. The monoisotopic (exact) mass is 193 g/mol. The first-order valence-corrected chi connectivity index (χ1v) is 5.89. The highest BCUT2D eigenvalue weighted by Gasteiger charge is 2.27. The van der Waals surface area contributed by atoms with Gasteiger partial charge in [-0.15, -0.1) is 0 Å². The maximum atomic E-state index is 11.5. The number of rotatable bonds is 4. The van der Waals surface area contributed by atoms with Crippen molar-refractivity contribution in [3.63, 3.8) is 0 Å². The molecular weight excluding hydrogens is 174 g/mol. The number of hydrogen-bond donors (Lipinski definition) is 1. The van der Waals surface area contributed by atoms with Crippen LogP contribution in [-0.4, -0.2) is 25.5 Å². The quantitative estimate of drug-likeness (QED) is 0.676. The van der Waals surface area contributed by atoms with Crippen LogP contribution >= 0.6 is 0 Å². The third-order valence-corrected chi connectivity index (χ3v) is 4.49. The topological polar surface area (TPSA) is 60.2 Å². The Balaban J connectivity index is 4.08. The van der Waals surface area contributed by atoms with Crippen molar-refractivity contribution in [2.45, 2.75) is 38.4 Å². The van der Waals surface area contributed by atoms with Crippen LogP contribution < -0.4 is 5.73 Å². The second-order valence-electron chi connectivity index (χ2n) is 3.93. The second-order valence-corrected chi connectivity index (χ2v) is 6.79. The van der Waals surface area contributed by atoms with Crippen LogP contribution in [0.5, 0.6) is 0 Å². The second kappa shape index (κ2) is 4.23. The van der Waals surface area contributed by atoms with Gasteiger partial charge in [0, 0.05) is 0 Å². The Hall–Kier alpha value is -0.0900. The van der Waals surface area contributed by atoms with Gasteiger partial charge in [0.2, 0.25) is 0 Å². The Bertz CT molecular complexity index is 214. The van der Waals surface area contributed by atoms with Crippen molar-refractivity contribution >= 4 is 9.84 Å². The van der Waals surface area contributed by atoms with Crippen molar-refractivity contribution in [3.05, 3.63) is 0 Å². The average Bonchev–Trinajstić information content (AvgIpc) is 1.85. The van der Waals surface area contributed by atoms with Gasteiger partial charge in [0.1, 0.15) is 0 Å². The van der Waals surface area contributed by atoms with Crippen LogP contribution in [0.3, 0.4) is 0 Å². The Labute approximate surface area is 75.3 Å². The van der Waals surface area contributed by atoms with Crippen LogP contribution in [0, 0.1) is 0 Å². The van der Waals surface area contributed by atoms with Crippen molar-refractivity contribution in [1.82, 2.24) is 0 Å². The highest BCUT2D eigenvalue weighted by molar-refractivity contribution is 7.92. The number of unbranched alkanes of at least 4 members (excludes halogenated alkanes) is 1. The molecule has 0 radical (unpaired) electrons. The first-order valence-electron chi connectivity index (χ1n) is 4.23. The summed E-state index contributed by atoms with van der Waals surface area (Å²) in [7, 11) is -2.93. The van der Waals surface area contributed by atoms with E-state index in [2.05, 4.69) is 0 Å². The maximum absolute atomic E-state index is 11.5. The number of nitrogens with two attached hydrogens (primary N) is 1. The fourth-order valence-corrected chi connectivity index (χ4v) is 1.94. The van der Waals surface area contributed by atoms with E-state index < -0.39 is 14.6 Å². The van der Waals surface area contributed by atoms with E-state index in [1.807, 2.05) is 0 Å². The molecule has 0 bridgehead atoms. The zero-order chi connectivity index (χ0) is 9.83. The predicted molar refractivity (Wildman–Crippen MR) is 51.8 cm³/mol. The molecule has 0 aromatic heterocycles. The van der Waals surface area contributed by atoms with Gasteiger partial charge in [-0.25, -0.2) is 8.42 Å². The summed E-state index contributed by atoms with van der Waals surface area (Å²) in [5.41, 5.74) is 5.27. The fourth-order valence-electron chi connectivity index (χ4n) is 0.743. The van der Waals surface area contributed by atoms with E-state index in [0.29, 0.717) is 13.0 Å². The fraction of sp³-hybridized carbons (Fsp3) is 1.00. The molecule has 0 spiro atoms. The zero-order valence-electron chi connectivity index (χ0n) is 8.13. The van der Waals surface area contributed by atoms with Gasteiger partial charge in [0.05, 0.1) is 10.5 Å². The molecule has 0 saturated carbocycles. The van der Waals surface area contributed by atoms with Crippen molar-refractivity contribution < 1.29 is 8.42 Å². The summed E-state index contributed by atoms with van der Waals surface area (Å²) >= 11 is 0. The summed E-state index contributed by atoms with van der Waals surface area (Å²) in [6, 6.07) is 0. The lowest BCUT2D eigenvalue weighted by Gasteiger charge is -2.18. The Morgan fingerprint density at radius 2 is 1.67 bits per heavy atom. The molecule has 0 saturated heterocycles. The van der Waals surface area contributed by atoms with Crippen molar-refractivity contribution in [1.29, 1.82) is 0 Å². The molecule has 4 heteroatoms. The first kappa shape index (κ1) is 11.9. The van der Waals surface area contributed by atoms with Crippen LogP contribution in [0.4, 0.5) is 0 Å². The maximum Gasteiger partial charge on any atom is 0.155 e. The summed E-state index contributed by atoms with van der Waals surface area (Å²) in [6.45, 7) is 5.75. The van der Waals surface area contributed by atoms with Gasteiger partial charge in [-0.05, 0) is 40.2 Å². The molecule has 0 unspecified atom stereocenters. The molecule has 0 fully saturated rings. The van der Waals surface area contributed by atoms with Crippen LogP contribution in [0.1, 0.15) is 33.6 Å². The summed E-state index contributed by atoms with van der Waals surface area (Å²) in [6.07, 6.45) is 1.46. The zero-order valence-corrected chi connectivity index (χ0v) is 8.95. The molecular formula is C8H19NO2S. The minimum atomic E-state index is -2.93. The Morgan fingerprint density at radius 1 is 1.17 bits per heavy atom. The molecule has 0 amide bonds.